The number of phenolic OH excluding ortho intramolecular Hbond substituents is 2. The molecule has 0 radical (unpaired) electrons. The number of unbranched alkanes of at least 4 members (excludes halogenated alkanes) is 1. The summed E-state index contributed by atoms with van der Waals surface area (Å²) in [4.78, 5) is 1.47. The van der Waals surface area contributed by atoms with E-state index in [1.807, 2.05) is 24.3 Å². The number of hydrogen-bond acceptors (Lipinski definition) is 4. The van der Waals surface area contributed by atoms with Crippen LogP contribution < -0.4 is 5.73 Å². The Hall–Kier alpha value is -1.16. The van der Waals surface area contributed by atoms with E-state index in [2.05, 4.69) is 6.92 Å². The van der Waals surface area contributed by atoms with Crippen LogP contribution in [0.2, 0.25) is 0 Å². The van der Waals surface area contributed by atoms with Crippen LogP contribution in [0.25, 0.3) is 0 Å². The molecule has 4 N–H and O–H groups in total. The topological polar surface area (TPSA) is 66.5 Å². The second kappa shape index (κ2) is 11.5. The van der Waals surface area contributed by atoms with Crippen LogP contribution in [0.3, 0.4) is 0 Å². The Kier molecular flexibility index (Phi) is 10.9. The van der Waals surface area contributed by atoms with Crippen molar-refractivity contribution < 1.29 is 26.7 Å². The molecule has 3 nitrogen and oxygen atoms in total. The molecule has 2 rings (SSSR count). The molecule has 0 aromatic heterocycles. The monoisotopic (exact) mass is 349 g/mol. The van der Waals surface area contributed by atoms with Gasteiger partial charge in [-0.05, 0) is 37.2 Å². The van der Waals surface area contributed by atoms with Crippen molar-refractivity contribution in [2.45, 2.75) is 29.6 Å². The number of nitrogens with two attached hydrogens (primary N) is 1. The summed E-state index contributed by atoms with van der Waals surface area (Å²) < 4.78 is 0. The quantitative estimate of drug-likeness (QED) is 0.730. The molecule has 2 aromatic rings. The molecule has 0 heterocycles. The van der Waals surface area contributed by atoms with Crippen molar-refractivity contribution in [1.82, 2.24) is 0 Å². The van der Waals surface area contributed by atoms with E-state index in [1.54, 1.807) is 24.3 Å². The molecular weight excluding hydrogens is 329 g/mol. The van der Waals surface area contributed by atoms with E-state index in [0.717, 1.165) is 16.3 Å². The molecule has 0 bridgehead atoms. The minimum atomic E-state index is 0. The molecule has 0 atom stereocenters. The van der Waals surface area contributed by atoms with Gasteiger partial charge >= 0.3 is 16.5 Å². The van der Waals surface area contributed by atoms with Crippen LogP contribution >= 0.6 is 11.8 Å². The van der Waals surface area contributed by atoms with E-state index >= 15 is 0 Å². The zero-order valence-corrected chi connectivity index (χ0v) is 13.7. The van der Waals surface area contributed by atoms with Crippen LogP contribution in [0, 0.1) is 0 Å². The van der Waals surface area contributed by atoms with E-state index in [1.165, 1.54) is 24.6 Å². The third-order valence-electron chi connectivity index (χ3n) is 2.51. The summed E-state index contributed by atoms with van der Waals surface area (Å²) >= 11 is 1.34. The maximum Gasteiger partial charge on any atom is 2.00 e. The summed E-state index contributed by atoms with van der Waals surface area (Å²) in [6, 6.07) is 14.1. The van der Waals surface area contributed by atoms with Gasteiger partial charge in [-0.3, -0.25) is 0 Å². The Morgan fingerprint density at radius 3 is 1.62 bits per heavy atom. The molecule has 0 spiro atoms. The number of para-hydroxylation sites is 2. The zero-order valence-electron chi connectivity index (χ0n) is 11.9. The maximum atomic E-state index is 9.56. The standard InChI is InChI=1S/C12H10O2S.C4H11N.Ni/c13-9-5-1-3-7-11(9)15-12-8-4-2-6-10(12)14;1-2-3-4-5;/h1-8,13-14H;2-5H2,1H3;/q;;+2. The largest absolute Gasteiger partial charge is 2.00 e. The predicted octanol–water partition coefficient (Wildman–Crippen LogP) is 3.99. The minimum absolute atomic E-state index is 0. The van der Waals surface area contributed by atoms with Crippen LogP contribution in [0.4, 0.5) is 0 Å². The van der Waals surface area contributed by atoms with Crippen LogP contribution in [-0.4, -0.2) is 16.8 Å². The van der Waals surface area contributed by atoms with Crippen molar-refractivity contribution in [3.05, 3.63) is 48.5 Å². The Balaban J connectivity index is 0.000000583. The summed E-state index contributed by atoms with van der Waals surface area (Å²) in [6.07, 6.45) is 2.39. The van der Waals surface area contributed by atoms with Crippen LogP contribution in [-0.2, 0) is 16.5 Å². The van der Waals surface area contributed by atoms with Crippen molar-refractivity contribution in [2.75, 3.05) is 6.54 Å². The van der Waals surface area contributed by atoms with Crippen molar-refractivity contribution >= 4 is 11.8 Å². The van der Waals surface area contributed by atoms with Crippen molar-refractivity contribution in [1.29, 1.82) is 0 Å². The molecule has 0 aliphatic carbocycles. The van der Waals surface area contributed by atoms with Gasteiger partial charge in [-0.1, -0.05) is 49.4 Å². The molecule has 0 fully saturated rings. The Labute approximate surface area is 140 Å². The van der Waals surface area contributed by atoms with Gasteiger partial charge in [-0.2, -0.15) is 0 Å². The average Bonchev–Trinajstić information content (AvgIpc) is 2.45. The molecule has 0 saturated carbocycles. The second-order valence-electron chi connectivity index (χ2n) is 4.18. The average molecular weight is 350 g/mol. The van der Waals surface area contributed by atoms with E-state index in [0.29, 0.717) is 0 Å². The van der Waals surface area contributed by atoms with Gasteiger partial charge < -0.3 is 15.9 Å². The zero-order chi connectivity index (χ0) is 14.8. The maximum absolute atomic E-state index is 9.56. The molecule has 21 heavy (non-hydrogen) atoms. The van der Waals surface area contributed by atoms with E-state index < -0.39 is 0 Å². The molecule has 0 amide bonds. The van der Waals surface area contributed by atoms with Gasteiger partial charge in [0.15, 0.2) is 0 Å². The Morgan fingerprint density at radius 1 is 0.905 bits per heavy atom. The van der Waals surface area contributed by atoms with Gasteiger partial charge in [0.1, 0.15) is 11.5 Å². The smallest absolute Gasteiger partial charge is 0.507 e. The SMILES string of the molecule is CCCCN.Oc1ccccc1Sc1ccccc1O.[Ni+2]. The first kappa shape index (κ1) is 19.8. The molecular formula is C16H21NNiO2S+2. The second-order valence-corrected chi connectivity index (χ2v) is 5.26. The van der Waals surface area contributed by atoms with Crippen LogP contribution in [0.1, 0.15) is 19.8 Å². The van der Waals surface area contributed by atoms with Crippen LogP contribution in [0.5, 0.6) is 11.5 Å². The van der Waals surface area contributed by atoms with Gasteiger partial charge in [-0.15, -0.1) is 0 Å². The summed E-state index contributed by atoms with van der Waals surface area (Å²) in [7, 11) is 0. The number of hydrogen-bond donors (Lipinski definition) is 3. The molecule has 116 valence electrons. The third kappa shape index (κ3) is 7.42. The summed E-state index contributed by atoms with van der Waals surface area (Å²) in [5.74, 6) is 0.455. The summed E-state index contributed by atoms with van der Waals surface area (Å²) in [5, 5.41) is 19.1. The normalized spacial score (nSPS) is 9.24. The van der Waals surface area contributed by atoms with Crippen LogP contribution in [0.15, 0.2) is 58.3 Å². The summed E-state index contributed by atoms with van der Waals surface area (Å²) in [6.45, 7) is 2.98. The van der Waals surface area contributed by atoms with Gasteiger partial charge in [0.05, 0.1) is 9.79 Å². The van der Waals surface area contributed by atoms with Gasteiger partial charge in [0.2, 0.25) is 0 Å². The van der Waals surface area contributed by atoms with Crippen molar-refractivity contribution in [2.24, 2.45) is 5.73 Å². The van der Waals surface area contributed by atoms with Crippen molar-refractivity contribution in [3.8, 4) is 11.5 Å². The van der Waals surface area contributed by atoms with E-state index in [-0.39, 0.29) is 28.0 Å². The molecule has 2 aromatic carbocycles. The number of rotatable bonds is 4. The van der Waals surface area contributed by atoms with Gasteiger partial charge in [-0.25, -0.2) is 0 Å². The third-order valence-corrected chi connectivity index (χ3v) is 3.64. The Bertz CT molecular complexity index is 478. The molecule has 0 aliphatic rings. The number of benzene rings is 2. The fourth-order valence-corrected chi connectivity index (χ4v) is 2.28. The fraction of sp³-hybridized carbons (Fsp3) is 0.250. The van der Waals surface area contributed by atoms with E-state index in [4.69, 9.17) is 5.73 Å². The number of aromatic hydroxyl groups is 2. The van der Waals surface area contributed by atoms with Crippen molar-refractivity contribution in [3.63, 3.8) is 0 Å². The predicted molar refractivity (Wildman–Crippen MR) is 84.3 cm³/mol. The molecule has 0 unspecified atom stereocenters. The minimum Gasteiger partial charge on any atom is -0.507 e. The molecule has 0 saturated heterocycles. The first-order valence-electron chi connectivity index (χ1n) is 6.63. The van der Waals surface area contributed by atoms with Gasteiger partial charge in [0.25, 0.3) is 0 Å². The molecule has 5 heteroatoms. The van der Waals surface area contributed by atoms with E-state index in [9.17, 15) is 10.2 Å². The first-order chi connectivity index (χ1) is 9.69. The number of phenols is 2. The summed E-state index contributed by atoms with van der Waals surface area (Å²) in [5.41, 5.74) is 5.14. The molecule has 0 aliphatic heterocycles. The fourth-order valence-electron chi connectivity index (χ4n) is 1.41. The first-order valence-corrected chi connectivity index (χ1v) is 7.44. The van der Waals surface area contributed by atoms with Gasteiger partial charge in [0, 0.05) is 0 Å². The Morgan fingerprint density at radius 2 is 1.33 bits per heavy atom.